The van der Waals surface area contributed by atoms with Crippen molar-refractivity contribution in [3.05, 3.63) is 50.7 Å². The van der Waals surface area contributed by atoms with Crippen LogP contribution in [-0.4, -0.2) is 37.7 Å². The summed E-state index contributed by atoms with van der Waals surface area (Å²) in [5, 5.41) is 4.99. The highest BCUT2D eigenvalue weighted by atomic mass is 32.1. The van der Waals surface area contributed by atoms with Gasteiger partial charge in [-0.3, -0.25) is 14.4 Å². The molecule has 1 aliphatic rings. The average Bonchev–Trinajstić information content (AvgIpc) is 3.12. The van der Waals surface area contributed by atoms with E-state index in [9.17, 15) is 4.79 Å². The minimum Gasteiger partial charge on any atom is -0.309 e. The molecule has 0 amide bonds. The first kappa shape index (κ1) is 16.2. The van der Waals surface area contributed by atoms with Crippen LogP contribution in [0.2, 0.25) is 0 Å². The molecular weight excluding hydrogens is 334 g/mol. The number of fused-ring (bicyclic) bond motifs is 1. The van der Waals surface area contributed by atoms with Crippen molar-refractivity contribution in [3.63, 3.8) is 0 Å². The summed E-state index contributed by atoms with van der Waals surface area (Å²) < 4.78 is 1.82. The number of nitrogens with one attached hydrogen (secondary N) is 1. The highest BCUT2D eigenvalue weighted by Crippen LogP contribution is 2.26. The molecule has 25 heavy (non-hydrogen) atoms. The zero-order valence-corrected chi connectivity index (χ0v) is 15.5. The fraction of sp³-hybridized carbons (Fsp3) is 0.389. The number of hydrogen-bond donors (Lipinski definition) is 1. The SMILES string of the molecule is Cc1sc2nc(CN3CCC=C(c4cnn(C)c4)C3)[nH]c(=O)c2c1C. The van der Waals surface area contributed by atoms with E-state index in [1.54, 1.807) is 11.3 Å². The van der Waals surface area contributed by atoms with E-state index in [4.69, 9.17) is 4.98 Å². The summed E-state index contributed by atoms with van der Waals surface area (Å²) in [7, 11) is 1.93. The Kier molecular flexibility index (Phi) is 4.05. The van der Waals surface area contributed by atoms with Crippen LogP contribution in [-0.2, 0) is 13.6 Å². The molecule has 0 saturated carbocycles. The van der Waals surface area contributed by atoms with E-state index in [-0.39, 0.29) is 5.56 Å². The molecular formula is C18H21N5OS. The maximum Gasteiger partial charge on any atom is 0.259 e. The predicted octanol–water partition coefficient (Wildman–Crippen LogP) is 2.62. The van der Waals surface area contributed by atoms with Crippen LogP contribution in [0.3, 0.4) is 0 Å². The van der Waals surface area contributed by atoms with Crippen LogP contribution in [0.5, 0.6) is 0 Å². The molecule has 1 N–H and O–H groups in total. The monoisotopic (exact) mass is 355 g/mol. The third kappa shape index (κ3) is 3.05. The molecule has 0 fully saturated rings. The van der Waals surface area contributed by atoms with Gasteiger partial charge in [-0.2, -0.15) is 5.10 Å². The number of aryl methyl sites for hydroxylation is 3. The Morgan fingerprint density at radius 2 is 2.20 bits per heavy atom. The first-order valence-corrected chi connectivity index (χ1v) is 9.22. The smallest absolute Gasteiger partial charge is 0.259 e. The Hall–Kier alpha value is -2.25. The topological polar surface area (TPSA) is 66.8 Å². The van der Waals surface area contributed by atoms with Crippen molar-refractivity contribution in [1.82, 2.24) is 24.6 Å². The normalized spacial score (nSPS) is 15.7. The number of nitrogens with zero attached hydrogens (tertiary/aromatic N) is 4. The Morgan fingerprint density at radius 1 is 1.36 bits per heavy atom. The lowest BCUT2D eigenvalue weighted by Crippen LogP contribution is -2.30. The lowest BCUT2D eigenvalue weighted by Gasteiger charge is -2.26. The molecule has 0 saturated heterocycles. The van der Waals surface area contributed by atoms with E-state index in [0.717, 1.165) is 51.6 Å². The van der Waals surface area contributed by atoms with Gasteiger partial charge in [0.15, 0.2) is 0 Å². The van der Waals surface area contributed by atoms with Gasteiger partial charge in [0, 0.05) is 36.8 Å². The number of hydrogen-bond acceptors (Lipinski definition) is 5. The van der Waals surface area contributed by atoms with E-state index >= 15 is 0 Å². The quantitative estimate of drug-likeness (QED) is 0.784. The summed E-state index contributed by atoms with van der Waals surface area (Å²) in [6, 6.07) is 0. The summed E-state index contributed by atoms with van der Waals surface area (Å²) >= 11 is 1.60. The molecule has 4 heterocycles. The summed E-state index contributed by atoms with van der Waals surface area (Å²) in [4.78, 5) is 24.4. The molecule has 4 rings (SSSR count). The van der Waals surface area contributed by atoms with Gasteiger partial charge in [-0.05, 0) is 31.4 Å². The van der Waals surface area contributed by atoms with Crippen molar-refractivity contribution in [1.29, 1.82) is 0 Å². The van der Waals surface area contributed by atoms with Crippen LogP contribution in [0.15, 0.2) is 23.3 Å². The second-order valence-electron chi connectivity index (χ2n) is 6.61. The summed E-state index contributed by atoms with van der Waals surface area (Å²) in [5.41, 5.74) is 3.46. The number of thiophene rings is 1. The number of rotatable bonds is 3. The van der Waals surface area contributed by atoms with Gasteiger partial charge in [-0.1, -0.05) is 6.08 Å². The predicted molar refractivity (Wildman–Crippen MR) is 101 cm³/mol. The van der Waals surface area contributed by atoms with Gasteiger partial charge in [0.2, 0.25) is 0 Å². The molecule has 6 nitrogen and oxygen atoms in total. The van der Waals surface area contributed by atoms with Crippen LogP contribution in [0, 0.1) is 13.8 Å². The molecule has 0 spiro atoms. The maximum absolute atomic E-state index is 12.4. The molecule has 3 aromatic heterocycles. The van der Waals surface area contributed by atoms with E-state index in [0.29, 0.717) is 6.54 Å². The fourth-order valence-corrected chi connectivity index (χ4v) is 4.37. The molecule has 0 atom stereocenters. The van der Waals surface area contributed by atoms with Crippen molar-refractivity contribution in [2.75, 3.05) is 13.1 Å². The molecule has 1 aliphatic heterocycles. The molecule has 0 bridgehead atoms. The molecule has 130 valence electrons. The van der Waals surface area contributed by atoms with Crippen LogP contribution >= 0.6 is 11.3 Å². The minimum absolute atomic E-state index is 0.0260. The molecule has 7 heteroatoms. The Morgan fingerprint density at radius 3 is 2.96 bits per heavy atom. The first-order valence-electron chi connectivity index (χ1n) is 8.40. The van der Waals surface area contributed by atoms with Crippen LogP contribution in [0.4, 0.5) is 0 Å². The van der Waals surface area contributed by atoms with E-state index < -0.39 is 0 Å². The molecule has 3 aromatic rings. The summed E-state index contributed by atoms with van der Waals surface area (Å²) in [6.45, 7) is 6.49. The van der Waals surface area contributed by atoms with Gasteiger partial charge < -0.3 is 4.98 Å². The third-order valence-corrected chi connectivity index (χ3v) is 5.87. The Bertz CT molecular complexity index is 1030. The van der Waals surface area contributed by atoms with Gasteiger partial charge in [0.1, 0.15) is 10.7 Å². The van der Waals surface area contributed by atoms with Gasteiger partial charge >= 0.3 is 0 Å². The van der Waals surface area contributed by atoms with Gasteiger partial charge in [0.05, 0.1) is 18.1 Å². The lowest BCUT2D eigenvalue weighted by molar-refractivity contribution is 0.289. The second kappa shape index (κ2) is 6.24. The minimum atomic E-state index is -0.0260. The highest BCUT2D eigenvalue weighted by Gasteiger charge is 2.18. The van der Waals surface area contributed by atoms with Crippen LogP contribution in [0.1, 0.15) is 28.2 Å². The number of aromatic amines is 1. The number of aromatic nitrogens is 4. The van der Waals surface area contributed by atoms with Crippen molar-refractivity contribution in [2.45, 2.75) is 26.8 Å². The number of H-pyrrole nitrogens is 1. The maximum atomic E-state index is 12.4. The lowest BCUT2D eigenvalue weighted by atomic mass is 10.0. The third-order valence-electron chi connectivity index (χ3n) is 4.77. The fourth-order valence-electron chi connectivity index (χ4n) is 3.32. The van der Waals surface area contributed by atoms with Crippen LogP contribution in [0.25, 0.3) is 15.8 Å². The second-order valence-corrected chi connectivity index (χ2v) is 7.81. The average molecular weight is 355 g/mol. The zero-order valence-electron chi connectivity index (χ0n) is 14.7. The molecule has 0 aliphatic carbocycles. The van der Waals surface area contributed by atoms with Crippen molar-refractivity contribution < 1.29 is 0 Å². The largest absolute Gasteiger partial charge is 0.309 e. The van der Waals surface area contributed by atoms with Gasteiger partial charge in [-0.15, -0.1) is 11.3 Å². The van der Waals surface area contributed by atoms with Crippen molar-refractivity contribution in [3.8, 4) is 0 Å². The van der Waals surface area contributed by atoms with E-state index in [1.807, 2.05) is 38.0 Å². The first-order chi connectivity index (χ1) is 12.0. The molecule has 0 radical (unpaired) electrons. The van der Waals surface area contributed by atoms with Crippen molar-refractivity contribution >= 4 is 27.1 Å². The van der Waals surface area contributed by atoms with E-state index in [2.05, 4.69) is 21.1 Å². The molecule has 0 aromatic carbocycles. The zero-order chi connectivity index (χ0) is 17.6. The Labute approximate surface area is 149 Å². The summed E-state index contributed by atoms with van der Waals surface area (Å²) in [5.74, 6) is 0.742. The summed E-state index contributed by atoms with van der Waals surface area (Å²) in [6.07, 6.45) is 7.21. The van der Waals surface area contributed by atoms with E-state index in [1.165, 1.54) is 5.57 Å². The van der Waals surface area contributed by atoms with Gasteiger partial charge in [-0.25, -0.2) is 4.98 Å². The van der Waals surface area contributed by atoms with Gasteiger partial charge in [0.25, 0.3) is 5.56 Å². The Balaban J connectivity index is 1.57. The van der Waals surface area contributed by atoms with Crippen molar-refractivity contribution in [2.24, 2.45) is 7.05 Å². The standard InChI is InChI=1S/C18H21N5OS/c1-11-12(2)25-18-16(11)17(24)20-15(21-18)10-23-6-4-5-13(9-23)14-7-19-22(3)8-14/h5,7-8H,4,6,9-10H2,1-3H3,(H,20,21,24). The molecule has 0 unspecified atom stereocenters. The highest BCUT2D eigenvalue weighted by molar-refractivity contribution is 7.18. The van der Waals surface area contributed by atoms with Crippen LogP contribution < -0.4 is 5.56 Å².